The summed E-state index contributed by atoms with van der Waals surface area (Å²) in [6.07, 6.45) is 4.43. The highest BCUT2D eigenvalue weighted by Crippen LogP contribution is 2.29. The number of rotatable bonds is 4. The van der Waals surface area contributed by atoms with Gasteiger partial charge in [0.25, 0.3) is 5.91 Å². The lowest BCUT2D eigenvalue weighted by molar-refractivity contribution is 0.0720. The van der Waals surface area contributed by atoms with Gasteiger partial charge < -0.3 is 9.88 Å². The quantitative estimate of drug-likeness (QED) is 0.750. The molecule has 0 saturated heterocycles. The largest absolute Gasteiger partial charge is 0.350 e. The van der Waals surface area contributed by atoms with Gasteiger partial charge in [0.1, 0.15) is 5.69 Å². The number of hydrogen-bond acceptors (Lipinski definition) is 2. The number of benzene rings is 1. The number of aromatic amines is 1. The molecule has 0 spiro atoms. The van der Waals surface area contributed by atoms with E-state index in [0.717, 1.165) is 28.5 Å². The molecule has 25 heavy (non-hydrogen) atoms. The molecule has 3 aromatic rings. The molecule has 1 aromatic carbocycles. The van der Waals surface area contributed by atoms with Crippen LogP contribution in [0.15, 0.2) is 36.7 Å². The predicted octanol–water partition coefficient (Wildman–Crippen LogP) is 4.71. The molecule has 0 aliphatic carbocycles. The van der Waals surface area contributed by atoms with Crippen LogP contribution < -0.4 is 0 Å². The molecule has 0 radical (unpaired) electrons. The van der Waals surface area contributed by atoms with Gasteiger partial charge in [-0.25, -0.2) is 0 Å². The van der Waals surface area contributed by atoms with Crippen molar-refractivity contribution >= 4 is 16.8 Å². The maximum absolute atomic E-state index is 13.2. The zero-order valence-corrected chi connectivity index (χ0v) is 15.6. The van der Waals surface area contributed by atoms with Crippen LogP contribution in [0.1, 0.15) is 52.1 Å². The summed E-state index contributed by atoms with van der Waals surface area (Å²) in [6, 6.07) is 8.23. The van der Waals surface area contributed by atoms with E-state index in [1.54, 1.807) is 6.20 Å². The van der Waals surface area contributed by atoms with Crippen LogP contribution >= 0.6 is 0 Å². The number of fused-ring (bicyclic) bond motifs is 1. The van der Waals surface area contributed by atoms with Crippen LogP contribution in [0.25, 0.3) is 10.9 Å². The highest BCUT2D eigenvalue weighted by atomic mass is 16.2. The Hall–Kier alpha value is -2.62. The predicted molar refractivity (Wildman–Crippen MR) is 102 cm³/mol. The van der Waals surface area contributed by atoms with Crippen LogP contribution in [-0.4, -0.2) is 27.8 Å². The molecule has 4 heteroatoms. The summed E-state index contributed by atoms with van der Waals surface area (Å²) in [7, 11) is 1.87. The highest BCUT2D eigenvalue weighted by molar-refractivity contribution is 6.01. The Kier molecular flexibility index (Phi) is 4.62. The molecule has 0 bridgehead atoms. The van der Waals surface area contributed by atoms with Gasteiger partial charge in [-0.05, 0) is 56.0 Å². The number of amides is 1. The van der Waals surface area contributed by atoms with Crippen LogP contribution in [0, 0.1) is 20.8 Å². The van der Waals surface area contributed by atoms with Crippen molar-refractivity contribution in [2.24, 2.45) is 0 Å². The third-order valence-electron chi connectivity index (χ3n) is 4.97. The number of aromatic nitrogens is 2. The van der Waals surface area contributed by atoms with Crippen LogP contribution in [0.3, 0.4) is 0 Å². The minimum Gasteiger partial charge on any atom is -0.350 e. The molecule has 2 heterocycles. The van der Waals surface area contributed by atoms with Gasteiger partial charge in [0, 0.05) is 30.3 Å². The van der Waals surface area contributed by atoms with Gasteiger partial charge in [0.15, 0.2) is 0 Å². The Bertz CT molecular complexity index is 912. The molecule has 0 aliphatic heterocycles. The number of carbonyl (C=O) groups excluding carboxylic acids is 1. The molecular formula is C21H25N3O. The van der Waals surface area contributed by atoms with Gasteiger partial charge in [-0.2, -0.15) is 0 Å². The molecule has 0 unspecified atom stereocenters. The number of H-pyrrole nitrogens is 1. The van der Waals surface area contributed by atoms with Gasteiger partial charge in [0.05, 0.1) is 6.04 Å². The van der Waals surface area contributed by atoms with Crippen molar-refractivity contribution in [1.82, 2.24) is 14.9 Å². The van der Waals surface area contributed by atoms with E-state index in [2.05, 4.69) is 42.9 Å². The Morgan fingerprint density at radius 3 is 2.68 bits per heavy atom. The Morgan fingerprint density at radius 2 is 2.04 bits per heavy atom. The second-order valence-electron chi connectivity index (χ2n) is 6.76. The standard InChI is InChI=1S/C21H25N3O/c1-6-18(16-8-7-9-22-12-16)24(5)21(25)20-15(4)17-11-13(2)10-14(3)19(17)23-20/h7-12,18,23H,6H2,1-5H3/t18-/m1/s1. The molecule has 130 valence electrons. The number of nitrogens with zero attached hydrogens (tertiary/aromatic N) is 2. The van der Waals surface area contributed by atoms with E-state index in [4.69, 9.17) is 0 Å². The summed E-state index contributed by atoms with van der Waals surface area (Å²) >= 11 is 0. The molecule has 3 rings (SSSR count). The summed E-state index contributed by atoms with van der Waals surface area (Å²) in [6.45, 7) is 8.27. The summed E-state index contributed by atoms with van der Waals surface area (Å²) in [5, 5.41) is 1.13. The second kappa shape index (κ2) is 6.71. The average Bonchev–Trinajstić information content (AvgIpc) is 2.93. The number of pyridine rings is 1. The molecule has 1 N–H and O–H groups in total. The first-order chi connectivity index (χ1) is 11.9. The van der Waals surface area contributed by atoms with E-state index < -0.39 is 0 Å². The fourth-order valence-electron chi connectivity index (χ4n) is 3.62. The normalized spacial score (nSPS) is 12.4. The average molecular weight is 335 g/mol. The Balaban J connectivity index is 2.01. The van der Waals surface area contributed by atoms with Crippen molar-refractivity contribution in [2.75, 3.05) is 7.05 Å². The zero-order chi connectivity index (χ0) is 18.1. The van der Waals surface area contributed by atoms with E-state index in [0.29, 0.717) is 5.69 Å². The van der Waals surface area contributed by atoms with Crippen LogP contribution in [0.2, 0.25) is 0 Å². The van der Waals surface area contributed by atoms with Crippen LogP contribution in [-0.2, 0) is 0 Å². The van der Waals surface area contributed by atoms with Crippen molar-refractivity contribution in [3.63, 3.8) is 0 Å². The number of carbonyl (C=O) groups is 1. The van der Waals surface area contributed by atoms with E-state index in [9.17, 15) is 4.79 Å². The van der Waals surface area contributed by atoms with Gasteiger partial charge in [-0.15, -0.1) is 0 Å². The minimum atomic E-state index is 0.00912. The van der Waals surface area contributed by atoms with Crippen LogP contribution in [0.5, 0.6) is 0 Å². The van der Waals surface area contributed by atoms with E-state index in [-0.39, 0.29) is 11.9 Å². The lowest BCUT2D eigenvalue weighted by Gasteiger charge is -2.27. The fraction of sp³-hybridized carbons (Fsp3) is 0.333. The van der Waals surface area contributed by atoms with Gasteiger partial charge in [0.2, 0.25) is 0 Å². The Morgan fingerprint density at radius 1 is 1.28 bits per heavy atom. The van der Waals surface area contributed by atoms with Gasteiger partial charge in [-0.3, -0.25) is 9.78 Å². The van der Waals surface area contributed by atoms with Crippen molar-refractivity contribution in [2.45, 2.75) is 40.2 Å². The molecule has 1 atom stereocenters. The fourth-order valence-corrected chi connectivity index (χ4v) is 3.62. The summed E-state index contributed by atoms with van der Waals surface area (Å²) in [4.78, 5) is 22.6. The molecule has 4 nitrogen and oxygen atoms in total. The molecule has 1 amide bonds. The molecule has 0 saturated carbocycles. The van der Waals surface area contributed by atoms with Crippen molar-refractivity contribution in [1.29, 1.82) is 0 Å². The summed E-state index contributed by atoms with van der Waals surface area (Å²) in [5.41, 5.74) is 6.17. The van der Waals surface area contributed by atoms with Crippen molar-refractivity contribution in [3.8, 4) is 0 Å². The molecule has 2 aromatic heterocycles. The molecule has 0 aliphatic rings. The number of nitrogens with one attached hydrogen (secondary N) is 1. The first-order valence-corrected chi connectivity index (χ1v) is 8.70. The van der Waals surface area contributed by atoms with Crippen molar-refractivity contribution < 1.29 is 4.79 Å². The minimum absolute atomic E-state index is 0.00912. The Labute approximate surface area is 148 Å². The third kappa shape index (κ3) is 3.04. The SMILES string of the molecule is CC[C@H](c1cccnc1)N(C)C(=O)c1[nH]c2c(C)cc(C)cc2c1C. The second-order valence-corrected chi connectivity index (χ2v) is 6.76. The zero-order valence-electron chi connectivity index (χ0n) is 15.6. The third-order valence-corrected chi connectivity index (χ3v) is 4.97. The summed E-state index contributed by atoms with van der Waals surface area (Å²) in [5.74, 6) is 0.0152. The van der Waals surface area contributed by atoms with E-state index in [1.165, 1.54) is 11.1 Å². The lowest BCUT2D eigenvalue weighted by atomic mass is 10.0. The number of hydrogen-bond donors (Lipinski definition) is 1. The maximum Gasteiger partial charge on any atom is 0.270 e. The first kappa shape index (κ1) is 17.2. The van der Waals surface area contributed by atoms with Crippen LogP contribution in [0.4, 0.5) is 0 Å². The van der Waals surface area contributed by atoms with Crippen molar-refractivity contribution in [3.05, 3.63) is 64.6 Å². The maximum atomic E-state index is 13.2. The molecular weight excluding hydrogens is 310 g/mol. The lowest BCUT2D eigenvalue weighted by Crippen LogP contribution is -2.31. The number of aryl methyl sites for hydroxylation is 3. The van der Waals surface area contributed by atoms with E-state index in [1.807, 2.05) is 37.2 Å². The monoisotopic (exact) mass is 335 g/mol. The highest BCUT2D eigenvalue weighted by Gasteiger charge is 2.25. The summed E-state index contributed by atoms with van der Waals surface area (Å²) < 4.78 is 0. The first-order valence-electron chi connectivity index (χ1n) is 8.70. The molecule has 0 fully saturated rings. The van der Waals surface area contributed by atoms with Gasteiger partial charge >= 0.3 is 0 Å². The van der Waals surface area contributed by atoms with E-state index >= 15 is 0 Å². The smallest absolute Gasteiger partial charge is 0.270 e. The topological polar surface area (TPSA) is 49.0 Å². The van der Waals surface area contributed by atoms with Gasteiger partial charge in [-0.1, -0.05) is 24.6 Å².